The van der Waals surface area contributed by atoms with Crippen molar-refractivity contribution < 1.29 is 9.13 Å². The number of unbranched alkanes of at least 4 members (excludes halogenated alkanes) is 2. The number of rotatable bonds is 11. The first kappa shape index (κ1) is 22.9. The predicted molar refractivity (Wildman–Crippen MR) is 126 cm³/mol. The minimum absolute atomic E-state index is 0.367. The fourth-order valence-corrected chi connectivity index (χ4v) is 3.73. The second-order valence-corrected chi connectivity index (χ2v) is 8.39. The van der Waals surface area contributed by atoms with Crippen LogP contribution in [0.3, 0.4) is 0 Å². The lowest BCUT2D eigenvalue weighted by molar-refractivity contribution is 0.300. The van der Waals surface area contributed by atoms with E-state index in [-0.39, 0.29) is 5.82 Å². The summed E-state index contributed by atoms with van der Waals surface area (Å²) in [4.78, 5) is 8.74. The molecular formula is C27H33FN2O. The van der Waals surface area contributed by atoms with Crippen molar-refractivity contribution in [2.24, 2.45) is 5.92 Å². The molecule has 0 aliphatic heterocycles. The summed E-state index contributed by atoms with van der Waals surface area (Å²) in [6.07, 6.45) is 10.7. The average molecular weight is 421 g/mol. The van der Waals surface area contributed by atoms with E-state index in [9.17, 15) is 4.39 Å². The van der Waals surface area contributed by atoms with Crippen molar-refractivity contribution in [2.45, 2.75) is 59.3 Å². The number of ether oxygens (including phenoxy) is 1. The van der Waals surface area contributed by atoms with E-state index in [1.807, 2.05) is 12.1 Å². The zero-order valence-electron chi connectivity index (χ0n) is 18.9. The van der Waals surface area contributed by atoms with Gasteiger partial charge in [-0.15, -0.1) is 0 Å². The molecule has 0 N–H and O–H groups in total. The molecule has 3 nitrogen and oxygen atoms in total. The molecule has 0 saturated carbocycles. The van der Waals surface area contributed by atoms with Gasteiger partial charge in [-0.3, -0.25) is 0 Å². The van der Waals surface area contributed by atoms with Crippen LogP contribution in [0, 0.1) is 18.7 Å². The Morgan fingerprint density at radius 2 is 1.65 bits per heavy atom. The summed E-state index contributed by atoms with van der Waals surface area (Å²) in [5, 5.41) is 0. The fourth-order valence-electron chi connectivity index (χ4n) is 3.73. The summed E-state index contributed by atoms with van der Waals surface area (Å²) in [5.74, 6) is 1.37. The first-order chi connectivity index (χ1) is 15.1. The molecule has 1 unspecified atom stereocenters. The summed E-state index contributed by atoms with van der Waals surface area (Å²) < 4.78 is 20.4. The van der Waals surface area contributed by atoms with E-state index in [2.05, 4.69) is 42.9 Å². The quantitative estimate of drug-likeness (QED) is 0.299. The molecular weight excluding hydrogens is 387 g/mol. The van der Waals surface area contributed by atoms with Gasteiger partial charge in [-0.1, -0.05) is 75.8 Å². The molecule has 2 aromatic carbocycles. The number of aromatic nitrogens is 2. The van der Waals surface area contributed by atoms with Gasteiger partial charge in [0.15, 0.2) is 5.82 Å². The van der Waals surface area contributed by atoms with E-state index in [1.165, 1.54) is 37.3 Å². The highest BCUT2D eigenvalue weighted by atomic mass is 19.1. The second kappa shape index (κ2) is 11.6. The van der Waals surface area contributed by atoms with Gasteiger partial charge in [0.2, 0.25) is 0 Å². The highest BCUT2D eigenvalue weighted by molar-refractivity contribution is 5.64. The van der Waals surface area contributed by atoms with Crippen LogP contribution in [-0.4, -0.2) is 16.6 Å². The molecule has 0 aliphatic rings. The number of nitrogens with zero attached hydrogens (tertiary/aromatic N) is 2. The molecule has 0 bridgehead atoms. The Bertz CT molecular complexity index is 938. The Kier molecular flexibility index (Phi) is 8.57. The number of hydrogen-bond donors (Lipinski definition) is 0. The van der Waals surface area contributed by atoms with E-state index >= 15 is 0 Å². The Labute approximate surface area is 185 Å². The van der Waals surface area contributed by atoms with Gasteiger partial charge in [-0.25, -0.2) is 14.4 Å². The molecule has 3 aromatic rings. The zero-order chi connectivity index (χ0) is 22.1. The van der Waals surface area contributed by atoms with Crippen LogP contribution in [0.5, 0.6) is 5.75 Å². The van der Waals surface area contributed by atoms with Crippen LogP contribution in [-0.2, 0) is 0 Å². The molecule has 1 atom stereocenters. The van der Waals surface area contributed by atoms with Crippen molar-refractivity contribution in [3.05, 3.63) is 66.2 Å². The minimum atomic E-state index is -0.367. The number of aryl methyl sites for hydroxylation is 1. The summed E-state index contributed by atoms with van der Waals surface area (Å²) in [7, 11) is 0. The van der Waals surface area contributed by atoms with E-state index in [4.69, 9.17) is 4.74 Å². The van der Waals surface area contributed by atoms with E-state index in [0.29, 0.717) is 23.7 Å². The lowest BCUT2D eigenvalue weighted by atomic mass is 9.99. The Morgan fingerprint density at radius 1 is 0.903 bits per heavy atom. The van der Waals surface area contributed by atoms with Gasteiger partial charge in [-0.05, 0) is 37.0 Å². The number of halogens is 1. The van der Waals surface area contributed by atoms with Gasteiger partial charge in [0.25, 0.3) is 0 Å². The third kappa shape index (κ3) is 6.88. The molecule has 31 heavy (non-hydrogen) atoms. The van der Waals surface area contributed by atoms with E-state index < -0.39 is 0 Å². The normalized spacial score (nSPS) is 12.0. The molecule has 0 saturated heterocycles. The summed E-state index contributed by atoms with van der Waals surface area (Å²) in [5.41, 5.74) is 3.54. The topological polar surface area (TPSA) is 35.0 Å². The molecule has 0 radical (unpaired) electrons. The van der Waals surface area contributed by atoms with Crippen LogP contribution < -0.4 is 4.74 Å². The van der Waals surface area contributed by atoms with Gasteiger partial charge in [0.1, 0.15) is 11.6 Å². The fraction of sp³-hybridized carbons (Fsp3) is 0.407. The molecule has 1 aromatic heterocycles. The molecule has 1 heterocycles. The minimum Gasteiger partial charge on any atom is -0.493 e. The van der Waals surface area contributed by atoms with Crippen molar-refractivity contribution in [2.75, 3.05) is 6.61 Å². The monoisotopic (exact) mass is 420 g/mol. The second-order valence-electron chi connectivity index (χ2n) is 8.39. The zero-order valence-corrected chi connectivity index (χ0v) is 18.9. The maximum absolute atomic E-state index is 14.6. The molecule has 164 valence electrons. The van der Waals surface area contributed by atoms with Crippen LogP contribution >= 0.6 is 0 Å². The maximum Gasteiger partial charge on any atom is 0.162 e. The van der Waals surface area contributed by atoms with Crippen molar-refractivity contribution in [1.29, 1.82) is 0 Å². The first-order valence-corrected chi connectivity index (χ1v) is 11.4. The van der Waals surface area contributed by atoms with Crippen molar-refractivity contribution >= 4 is 0 Å². The van der Waals surface area contributed by atoms with Crippen LogP contribution in [0.15, 0.2) is 54.9 Å². The van der Waals surface area contributed by atoms with Crippen LogP contribution in [0.1, 0.15) is 57.9 Å². The van der Waals surface area contributed by atoms with E-state index in [0.717, 1.165) is 29.9 Å². The third-order valence-corrected chi connectivity index (χ3v) is 5.61. The molecule has 0 spiro atoms. The molecule has 0 fully saturated rings. The largest absolute Gasteiger partial charge is 0.493 e. The van der Waals surface area contributed by atoms with Gasteiger partial charge < -0.3 is 4.74 Å². The smallest absolute Gasteiger partial charge is 0.162 e. The van der Waals surface area contributed by atoms with Gasteiger partial charge in [-0.2, -0.15) is 0 Å². The van der Waals surface area contributed by atoms with Gasteiger partial charge in [0, 0.05) is 24.0 Å². The van der Waals surface area contributed by atoms with Crippen LogP contribution in [0.25, 0.3) is 22.5 Å². The standard InChI is InChI=1S/C27H33FN2O/c1-4-8-20(2)9-6-5-7-16-31-24-14-15-25(26(28)17-24)27-29-18-23(19-30-27)22-12-10-21(3)11-13-22/h10-15,17-20H,4-9,16H2,1-3H3. The Hall–Kier alpha value is -2.75. The lowest BCUT2D eigenvalue weighted by Gasteiger charge is -2.10. The van der Waals surface area contributed by atoms with E-state index in [1.54, 1.807) is 24.5 Å². The summed E-state index contributed by atoms with van der Waals surface area (Å²) >= 11 is 0. The Balaban J connectivity index is 1.51. The van der Waals surface area contributed by atoms with Crippen molar-refractivity contribution in [1.82, 2.24) is 9.97 Å². The first-order valence-electron chi connectivity index (χ1n) is 11.4. The predicted octanol–water partition coefficient (Wildman–Crippen LogP) is 7.63. The Morgan fingerprint density at radius 3 is 2.32 bits per heavy atom. The SMILES string of the molecule is CCCC(C)CCCCCOc1ccc(-c2ncc(-c3ccc(C)cc3)cn2)c(F)c1. The highest BCUT2D eigenvalue weighted by Crippen LogP contribution is 2.25. The van der Waals surface area contributed by atoms with Crippen molar-refractivity contribution in [3.8, 4) is 28.3 Å². The maximum atomic E-state index is 14.6. The average Bonchev–Trinajstić information content (AvgIpc) is 2.77. The third-order valence-electron chi connectivity index (χ3n) is 5.61. The highest BCUT2D eigenvalue weighted by Gasteiger charge is 2.10. The number of benzene rings is 2. The summed E-state index contributed by atoms with van der Waals surface area (Å²) in [6, 6.07) is 13.1. The van der Waals surface area contributed by atoms with Crippen LogP contribution in [0.2, 0.25) is 0 Å². The molecule has 4 heteroatoms. The molecule has 3 rings (SSSR count). The van der Waals surface area contributed by atoms with Gasteiger partial charge in [0.05, 0.1) is 12.2 Å². The van der Waals surface area contributed by atoms with Crippen molar-refractivity contribution in [3.63, 3.8) is 0 Å². The number of hydrogen-bond acceptors (Lipinski definition) is 3. The van der Waals surface area contributed by atoms with Gasteiger partial charge >= 0.3 is 0 Å². The molecule has 0 aliphatic carbocycles. The molecule has 0 amide bonds. The van der Waals surface area contributed by atoms with Crippen LogP contribution in [0.4, 0.5) is 4.39 Å². The lowest BCUT2D eigenvalue weighted by Crippen LogP contribution is -2.00. The summed E-state index contributed by atoms with van der Waals surface area (Å²) in [6.45, 7) is 7.22.